The van der Waals surface area contributed by atoms with Crippen LogP contribution in [0.3, 0.4) is 0 Å². The van der Waals surface area contributed by atoms with E-state index in [0.717, 1.165) is 6.08 Å². The van der Waals surface area contributed by atoms with Gasteiger partial charge in [0, 0.05) is 0 Å². The summed E-state index contributed by atoms with van der Waals surface area (Å²) in [5, 5.41) is 9.94. The van der Waals surface area contributed by atoms with Gasteiger partial charge >= 0.3 is 6.18 Å². The summed E-state index contributed by atoms with van der Waals surface area (Å²) in [6.45, 7) is 0. The fraction of sp³-hybridized carbons (Fsp3) is 0.125. The molecule has 0 heterocycles. The molecule has 1 N–H and O–H groups in total. The molecule has 0 bridgehead atoms. The third-order valence-corrected chi connectivity index (χ3v) is 2.86. The molecular weight excluding hydrogens is 265 g/mol. The highest BCUT2D eigenvalue weighted by molar-refractivity contribution is 5.70. The molecule has 2 aromatic rings. The standard InChI is InChI=1S/C16H13F3O/c17-16(18,19)14(12-7-3-1-4-8-12)11-15(20)13-9-5-2-6-10-13/h1-11,15,20H/b14-11-/t15-/m1/s1. The Morgan fingerprint density at radius 3 is 1.90 bits per heavy atom. The minimum Gasteiger partial charge on any atom is -0.384 e. The van der Waals surface area contributed by atoms with Crippen LogP contribution in [0.2, 0.25) is 0 Å². The van der Waals surface area contributed by atoms with Crippen LogP contribution in [0.15, 0.2) is 66.7 Å². The van der Waals surface area contributed by atoms with E-state index in [9.17, 15) is 18.3 Å². The summed E-state index contributed by atoms with van der Waals surface area (Å²) in [4.78, 5) is 0. The second kappa shape index (κ2) is 5.92. The van der Waals surface area contributed by atoms with Gasteiger partial charge < -0.3 is 5.11 Å². The molecule has 104 valence electrons. The van der Waals surface area contributed by atoms with Gasteiger partial charge in [0.25, 0.3) is 0 Å². The van der Waals surface area contributed by atoms with Crippen LogP contribution in [-0.4, -0.2) is 11.3 Å². The average molecular weight is 278 g/mol. The number of alkyl halides is 3. The Bertz CT molecular complexity index is 574. The Hall–Kier alpha value is -2.07. The number of aliphatic hydroxyl groups is 1. The van der Waals surface area contributed by atoms with Crippen LogP contribution in [0.5, 0.6) is 0 Å². The van der Waals surface area contributed by atoms with E-state index in [-0.39, 0.29) is 5.56 Å². The highest BCUT2D eigenvalue weighted by atomic mass is 19.4. The third kappa shape index (κ3) is 3.48. The zero-order chi connectivity index (χ0) is 14.6. The van der Waals surface area contributed by atoms with Crippen LogP contribution in [0, 0.1) is 0 Å². The van der Waals surface area contributed by atoms with Gasteiger partial charge in [-0.25, -0.2) is 0 Å². The SMILES string of the molecule is O[C@H](/C=C(/c1ccccc1)C(F)(F)F)c1ccccc1. The summed E-state index contributed by atoms with van der Waals surface area (Å²) >= 11 is 0. The number of hydrogen-bond donors (Lipinski definition) is 1. The van der Waals surface area contributed by atoms with E-state index in [1.165, 1.54) is 24.3 Å². The van der Waals surface area contributed by atoms with Crippen molar-refractivity contribution in [2.75, 3.05) is 0 Å². The van der Waals surface area contributed by atoms with Gasteiger partial charge in [-0.15, -0.1) is 0 Å². The molecule has 0 spiro atoms. The van der Waals surface area contributed by atoms with Crippen LogP contribution in [0.25, 0.3) is 5.57 Å². The zero-order valence-corrected chi connectivity index (χ0v) is 10.5. The molecule has 0 saturated heterocycles. The second-order valence-corrected chi connectivity index (χ2v) is 4.30. The molecule has 20 heavy (non-hydrogen) atoms. The van der Waals surface area contributed by atoms with Crippen molar-refractivity contribution in [1.82, 2.24) is 0 Å². The first-order chi connectivity index (χ1) is 9.48. The highest BCUT2D eigenvalue weighted by Gasteiger charge is 2.35. The summed E-state index contributed by atoms with van der Waals surface area (Å²) in [6, 6.07) is 15.7. The summed E-state index contributed by atoms with van der Waals surface area (Å²) in [6.07, 6.45) is -4.98. The summed E-state index contributed by atoms with van der Waals surface area (Å²) in [7, 11) is 0. The van der Waals surface area contributed by atoms with Crippen LogP contribution in [0.4, 0.5) is 13.2 Å². The molecule has 2 aromatic carbocycles. The lowest BCUT2D eigenvalue weighted by Gasteiger charge is -2.14. The van der Waals surface area contributed by atoms with Gasteiger partial charge in [-0.1, -0.05) is 60.7 Å². The molecule has 0 amide bonds. The van der Waals surface area contributed by atoms with E-state index in [1.807, 2.05) is 0 Å². The largest absolute Gasteiger partial charge is 0.416 e. The summed E-state index contributed by atoms with van der Waals surface area (Å²) < 4.78 is 39.3. The third-order valence-electron chi connectivity index (χ3n) is 2.86. The molecule has 0 aliphatic carbocycles. The van der Waals surface area contributed by atoms with Crippen LogP contribution in [-0.2, 0) is 0 Å². The van der Waals surface area contributed by atoms with Gasteiger partial charge in [-0.3, -0.25) is 0 Å². The first-order valence-electron chi connectivity index (χ1n) is 6.06. The van der Waals surface area contributed by atoms with E-state index < -0.39 is 17.9 Å². The van der Waals surface area contributed by atoms with Crippen LogP contribution >= 0.6 is 0 Å². The smallest absolute Gasteiger partial charge is 0.384 e. The van der Waals surface area contributed by atoms with Crippen molar-refractivity contribution in [2.45, 2.75) is 12.3 Å². The van der Waals surface area contributed by atoms with Gasteiger partial charge in [0.15, 0.2) is 0 Å². The van der Waals surface area contributed by atoms with E-state index in [1.54, 1.807) is 36.4 Å². The van der Waals surface area contributed by atoms with Crippen LogP contribution in [0.1, 0.15) is 17.2 Å². The Morgan fingerprint density at radius 2 is 1.40 bits per heavy atom. The normalized spacial score (nSPS) is 14.1. The Balaban J connectivity index is 2.40. The predicted molar refractivity (Wildman–Crippen MR) is 71.9 cm³/mol. The zero-order valence-electron chi connectivity index (χ0n) is 10.5. The summed E-state index contributed by atoms with van der Waals surface area (Å²) in [5.74, 6) is 0. The number of halogens is 3. The number of hydrogen-bond acceptors (Lipinski definition) is 1. The minimum atomic E-state index is -4.52. The van der Waals surface area contributed by atoms with Crippen molar-refractivity contribution >= 4 is 5.57 Å². The van der Waals surface area contributed by atoms with Gasteiger partial charge in [0.1, 0.15) is 0 Å². The monoisotopic (exact) mass is 278 g/mol. The van der Waals surface area contributed by atoms with Gasteiger partial charge in [-0.05, 0) is 17.2 Å². The maximum absolute atomic E-state index is 13.1. The molecule has 4 heteroatoms. The number of benzene rings is 2. The molecule has 0 unspecified atom stereocenters. The Kier molecular flexibility index (Phi) is 4.25. The van der Waals surface area contributed by atoms with Gasteiger partial charge in [-0.2, -0.15) is 13.2 Å². The maximum atomic E-state index is 13.1. The second-order valence-electron chi connectivity index (χ2n) is 4.30. The molecule has 1 atom stereocenters. The van der Waals surface area contributed by atoms with Crippen LogP contribution < -0.4 is 0 Å². The number of rotatable bonds is 3. The van der Waals surface area contributed by atoms with Gasteiger partial charge in [0.05, 0.1) is 11.7 Å². The number of aliphatic hydroxyl groups excluding tert-OH is 1. The Labute approximate surface area is 115 Å². The average Bonchev–Trinajstić information content (AvgIpc) is 2.45. The van der Waals surface area contributed by atoms with E-state index >= 15 is 0 Å². The molecule has 0 aliphatic rings. The quantitative estimate of drug-likeness (QED) is 0.884. The fourth-order valence-corrected chi connectivity index (χ4v) is 1.88. The van der Waals surface area contributed by atoms with E-state index in [4.69, 9.17) is 0 Å². The van der Waals surface area contributed by atoms with Crippen molar-refractivity contribution in [1.29, 1.82) is 0 Å². The van der Waals surface area contributed by atoms with Crippen molar-refractivity contribution in [2.24, 2.45) is 0 Å². The molecule has 2 rings (SSSR count). The minimum absolute atomic E-state index is 0.0370. The molecular formula is C16H13F3O. The molecule has 0 aromatic heterocycles. The number of allylic oxidation sites excluding steroid dienone is 1. The summed E-state index contributed by atoms with van der Waals surface area (Å²) in [5.41, 5.74) is -0.380. The lowest BCUT2D eigenvalue weighted by atomic mass is 10.0. The fourth-order valence-electron chi connectivity index (χ4n) is 1.88. The molecule has 0 radical (unpaired) electrons. The Morgan fingerprint density at radius 1 is 0.900 bits per heavy atom. The first kappa shape index (κ1) is 14.3. The molecule has 0 aliphatic heterocycles. The van der Waals surface area contributed by atoms with E-state index in [0.29, 0.717) is 5.56 Å². The topological polar surface area (TPSA) is 20.2 Å². The maximum Gasteiger partial charge on any atom is 0.416 e. The van der Waals surface area contributed by atoms with E-state index in [2.05, 4.69) is 0 Å². The lowest BCUT2D eigenvalue weighted by molar-refractivity contribution is -0.0695. The van der Waals surface area contributed by atoms with Crippen molar-refractivity contribution < 1.29 is 18.3 Å². The van der Waals surface area contributed by atoms with Crippen molar-refractivity contribution in [3.8, 4) is 0 Å². The van der Waals surface area contributed by atoms with Crippen molar-refractivity contribution in [3.63, 3.8) is 0 Å². The lowest BCUT2D eigenvalue weighted by Crippen LogP contribution is -2.12. The molecule has 0 saturated carbocycles. The molecule has 0 fully saturated rings. The highest BCUT2D eigenvalue weighted by Crippen LogP contribution is 2.35. The first-order valence-corrected chi connectivity index (χ1v) is 6.06. The van der Waals surface area contributed by atoms with Gasteiger partial charge in [0.2, 0.25) is 0 Å². The predicted octanol–water partition coefficient (Wildman–Crippen LogP) is 4.37. The van der Waals surface area contributed by atoms with Crippen molar-refractivity contribution in [3.05, 3.63) is 77.9 Å². The molecule has 1 nitrogen and oxygen atoms in total.